The van der Waals surface area contributed by atoms with Crippen molar-refractivity contribution in [1.29, 1.82) is 0 Å². The van der Waals surface area contributed by atoms with E-state index in [9.17, 15) is 18.5 Å². The number of nitro benzene ring substituents is 1. The normalized spacial score (nSPS) is 11.5. The second-order valence-electron chi connectivity index (χ2n) is 4.73. The van der Waals surface area contributed by atoms with Crippen molar-refractivity contribution >= 4 is 38.0 Å². The van der Waals surface area contributed by atoms with Gasteiger partial charge < -0.3 is 0 Å². The SMILES string of the molecule is O=[N+]([O-])c1cccc2cc(S(=O)(=O)c3ccc(Cl)cc3)cnc12. The highest BCUT2D eigenvalue weighted by Crippen LogP contribution is 2.28. The molecule has 116 valence electrons. The molecule has 0 unspecified atom stereocenters. The maximum Gasteiger partial charge on any atom is 0.295 e. The Morgan fingerprint density at radius 1 is 1.04 bits per heavy atom. The standard InChI is InChI=1S/C15H9ClN2O4S/c16-11-4-6-12(7-5-11)23(21,22)13-8-10-2-1-3-14(18(19)20)15(10)17-9-13/h1-9H. The van der Waals surface area contributed by atoms with Crippen LogP contribution in [-0.4, -0.2) is 18.3 Å². The maximum absolute atomic E-state index is 12.6. The number of aromatic nitrogens is 1. The van der Waals surface area contributed by atoms with Crippen LogP contribution in [0.15, 0.2) is 64.5 Å². The molecule has 1 heterocycles. The molecule has 3 aromatic rings. The van der Waals surface area contributed by atoms with Crippen molar-refractivity contribution in [2.24, 2.45) is 0 Å². The summed E-state index contributed by atoms with van der Waals surface area (Å²) in [5.74, 6) is 0. The maximum atomic E-state index is 12.6. The van der Waals surface area contributed by atoms with Gasteiger partial charge in [-0.05, 0) is 30.3 Å². The van der Waals surface area contributed by atoms with Crippen LogP contribution in [0.4, 0.5) is 5.69 Å². The lowest BCUT2D eigenvalue weighted by atomic mass is 10.2. The van der Waals surface area contributed by atoms with Crippen LogP contribution in [0.1, 0.15) is 0 Å². The summed E-state index contributed by atoms with van der Waals surface area (Å²) in [6.45, 7) is 0. The second-order valence-corrected chi connectivity index (χ2v) is 7.12. The zero-order valence-electron chi connectivity index (χ0n) is 11.5. The van der Waals surface area contributed by atoms with Crippen molar-refractivity contribution < 1.29 is 13.3 Å². The van der Waals surface area contributed by atoms with Crippen LogP contribution in [0.3, 0.4) is 0 Å². The Balaban J connectivity index is 2.17. The van der Waals surface area contributed by atoms with Gasteiger partial charge in [0.05, 0.1) is 14.7 Å². The molecule has 0 amide bonds. The van der Waals surface area contributed by atoms with Gasteiger partial charge in [0.25, 0.3) is 5.69 Å². The molecule has 23 heavy (non-hydrogen) atoms. The number of nitrogens with zero attached hydrogens (tertiary/aromatic N) is 2. The van der Waals surface area contributed by atoms with Crippen LogP contribution < -0.4 is 0 Å². The zero-order valence-corrected chi connectivity index (χ0v) is 13.1. The van der Waals surface area contributed by atoms with E-state index in [1.54, 1.807) is 6.07 Å². The van der Waals surface area contributed by atoms with Crippen molar-refractivity contribution in [2.45, 2.75) is 9.79 Å². The Kier molecular flexibility index (Phi) is 3.75. The van der Waals surface area contributed by atoms with Crippen molar-refractivity contribution in [1.82, 2.24) is 4.98 Å². The largest absolute Gasteiger partial charge is 0.295 e. The Morgan fingerprint density at radius 2 is 1.74 bits per heavy atom. The van der Waals surface area contributed by atoms with Crippen molar-refractivity contribution in [3.05, 3.63) is 69.9 Å². The molecule has 2 aromatic carbocycles. The van der Waals surface area contributed by atoms with Crippen LogP contribution in [0, 0.1) is 10.1 Å². The molecule has 0 bridgehead atoms. The van der Waals surface area contributed by atoms with Gasteiger partial charge >= 0.3 is 0 Å². The summed E-state index contributed by atoms with van der Waals surface area (Å²) < 4.78 is 25.2. The number of sulfone groups is 1. The summed E-state index contributed by atoms with van der Waals surface area (Å²) in [5, 5.41) is 11.8. The summed E-state index contributed by atoms with van der Waals surface area (Å²) in [4.78, 5) is 14.4. The zero-order chi connectivity index (χ0) is 16.6. The predicted octanol–water partition coefficient (Wildman–Crippen LogP) is 3.63. The number of para-hydroxylation sites is 1. The predicted molar refractivity (Wildman–Crippen MR) is 85.3 cm³/mol. The van der Waals surface area contributed by atoms with Crippen molar-refractivity contribution in [3.63, 3.8) is 0 Å². The molecular formula is C15H9ClN2O4S. The fourth-order valence-electron chi connectivity index (χ4n) is 2.17. The van der Waals surface area contributed by atoms with E-state index >= 15 is 0 Å². The molecule has 3 rings (SSSR count). The molecule has 0 radical (unpaired) electrons. The number of benzene rings is 2. The smallest absolute Gasteiger partial charge is 0.258 e. The Morgan fingerprint density at radius 3 is 2.39 bits per heavy atom. The highest BCUT2D eigenvalue weighted by molar-refractivity contribution is 7.91. The summed E-state index contributed by atoms with van der Waals surface area (Å²) in [5.41, 5.74) is -0.0227. The fraction of sp³-hybridized carbons (Fsp3) is 0. The number of nitro groups is 1. The van der Waals surface area contributed by atoms with Gasteiger partial charge in [-0.25, -0.2) is 13.4 Å². The number of hydrogen-bond acceptors (Lipinski definition) is 5. The van der Waals surface area contributed by atoms with Crippen LogP contribution in [0.25, 0.3) is 10.9 Å². The summed E-state index contributed by atoms with van der Waals surface area (Å²) in [7, 11) is -3.77. The van der Waals surface area contributed by atoms with Gasteiger partial charge in [-0.2, -0.15) is 0 Å². The van der Waals surface area contributed by atoms with Gasteiger partial charge in [-0.3, -0.25) is 10.1 Å². The van der Waals surface area contributed by atoms with Crippen LogP contribution in [-0.2, 0) is 9.84 Å². The third kappa shape index (κ3) is 2.76. The number of rotatable bonds is 3. The first-order valence-corrected chi connectivity index (χ1v) is 8.29. The van der Waals surface area contributed by atoms with Crippen molar-refractivity contribution in [2.75, 3.05) is 0 Å². The van der Waals surface area contributed by atoms with E-state index in [4.69, 9.17) is 11.6 Å². The highest BCUT2D eigenvalue weighted by Gasteiger charge is 2.20. The first kappa shape index (κ1) is 15.4. The molecule has 0 atom stereocenters. The van der Waals surface area contributed by atoms with E-state index in [2.05, 4.69) is 4.98 Å². The van der Waals surface area contributed by atoms with Crippen LogP contribution in [0.2, 0.25) is 5.02 Å². The molecule has 0 saturated heterocycles. The molecular weight excluding hydrogens is 340 g/mol. The minimum Gasteiger partial charge on any atom is -0.258 e. The highest BCUT2D eigenvalue weighted by atomic mass is 35.5. The molecule has 0 N–H and O–H groups in total. The van der Waals surface area contributed by atoms with Gasteiger partial charge in [0.2, 0.25) is 9.84 Å². The first-order valence-electron chi connectivity index (χ1n) is 6.43. The van der Waals surface area contributed by atoms with Gasteiger partial charge in [-0.1, -0.05) is 23.7 Å². The Bertz CT molecular complexity index is 1020. The number of non-ortho nitro benzene ring substituents is 1. The van der Waals surface area contributed by atoms with Gasteiger partial charge in [0.1, 0.15) is 5.52 Å². The molecule has 1 aromatic heterocycles. The average molecular weight is 349 g/mol. The monoisotopic (exact) mass is 348 g/mol. The lowest BCUT2D eigenvalue weighted by Gasteiger charge is -2.06. The summed E-state index contributed by atoms with van der Waals surface area (Å²) >= 11 is 5.76. The average Bonchev–Trinajstić information content (AvgIpc) is 2.54. The van der Waals surface area contributed by atoms with E-state index in [0.29, 0.717) is 10.4 Å². The Labute approximate surface area is 136 Å². The fourth-order valence-corrected chi connectivity index (χ4v) is 3.53. The van der Waals surface area contributed by atoms with Crippen molar-refractivity contribution in [3.8, 4) is 0 Å². The van der Waals surface area contributed by atoms with Gasteiger partial charge in [0.15, 0.2) is 0 Å². The van der Waals surface area contributed by atoms with Crippen LogP contribution >= 0.6 is 11.6 Å². The minimum absolute atomic E-state index is 0.0344. The molecule has 6 nitrogen and oxygen atoms in total. The number of fused-ring (bicyclic) bond motifs is 1. The number of halogens is 1. The van der Waals surface area contributed by atoms with E-state index in [1.165, 1.54) is 42.5 Å². The molecule has 0 saturated carbocycles. The molecule has 8 heteroatoms. The quantitative estimate of drug-likeness (QED) is 0.532. The molecule has 0 spiro atoms. The number of pyridine rings is 1. The molecule has 0 aliphatic heterocycles. The first-order chi connectivity index (χ1) is 10.9. The third-order valence-electron chi connectivity index (χ3n) is 3.30. The van der Waals surface area contributed by atoms with E-state index < -0.39 is 14.8 Å². The molecule has 0 fully saturated rings. The molecule has 0 aliphatic carbocycles. The topological polar surface area (TPSA) is 90.2 Å². The lowest BCUT2D eigenvalue weighted by Crippen LogP contribution is -2.03. The van der Waals surface area contributed by atoms with E-state index in [-0.39, 0.29) is 21.0 Å². The van der Waals surface area contributed by atoms with Gasteiger partial charge in [0, 0.05) is 22.7 Å². The van der Waals surface area contributed by atoms with E-state index in [1.807, 2.05) is 0 Å². The Hall–Kier alpha value is -2.51. The summed E-state index contributed by atoms with van der Waals surface area (Å²) in [6, 6.07) is 11.5. The van der Waals surface area contributed by atoms with E-state index in [0.717, 1.165) is 6.20 Å². The minimum atomic E-state index is -3.77. The summed E-state index contributed by atoms with van der Waals surface area (Å²) in [6.07, 6.45) is 1.12. The lowest BCUT2D eigenvalue weighted by molar-refractivity contribution is -0.383. The molecule has 0 aliphatic rings. The number of hydrogen-bond donors (Lipinski definition) is 0. The van der Waals surface area contributed by atoms with Gasteiger partial charge in [-0.15, -0.1) is 0 Å². The van der Waals surface area contributed by atoms with Crippen LogP contribution in [0.5, 0.6) is 0 Å². The third-order valence-corrected chi connectivity index (χ3v) is 5.28. The second kappa shape index (κ2) is 5.60.